The van der Waals surface area contributed by atoms with Crippen LogP contribution in [0.1, 0.15) is 5.82 Å². The maximum Gasteiger partial charge on any atom is 0.216 e. The van der Waals surface area contributed by atoms with Crippen molar-refractivity contribution in [1.29, 1.82) is 0 Å². The number of hydrogen-bond donors (Lipinski definition) is 1. The predicted molar refractivity (Wildman–Crippen MR) is 115 cm³/mol. The molecule has 0 saturated heterocycles. The van der Waals surface area contributed by atoms with Gasteiger partial charge < -0.3 is 5.84 Å². The summed E-state index contributed by atoms with van der Waals surface area (Å²) < 4.78 is 1.48. The maximum atomic E-state index is 6.08. The molecule has 0 spiro atoms. The first kappa shape index (κ1) is 17.4. The monoisotopic (exact) mass is 422 g/mol. The first-order chi connectivity index (χ1) is 13.7. The molecule has 0 bridgehead atoms. The number of aromatic nitrogens is 5. The molecule has 0 radical (unpaired) electrons. The molecule has 4 aromatic heterocycles. The number of rotatable bonds is 4. The minimum atomic E-state index is 0.597. The molecule has 2 N–H and O–H groups in total. The summed E-state index contributed by atoms with van der Waals surface area (Å²) >= 11 is 4.66. The van der Waals surface area contributed by atoms with Gasteiger partial charge in [-0.05, 0) is 35.7 Å². The van der Waals surface area contributed by atoms with Gasteiger partial charge in [0.2, 0.25) is 5.16 Å². The van der Waals surface area contributed by atoms with Crippen molar-refractivity contribution in [1.82, 2.24) is 24.8 Å². The van der Waals surface area contributed by atoms with E-state index in [9.17, 15) is 0 Å². The molecule has 5 aromatic rings. The Morgan fingerprint density at radius 1 is 1.00 bits per heavy atom. The van der Waals surface area contributed by atoms with E-state index in [1.54, 1.807) is 22.7 Å². The fraction of sp³-hybridized carbons (Fsp3) is 0.0526. The Bertz CT molecular complexity index is 1260. The van der Waals surface area contributed by atoms with Crippen LogP contribution in [0.15, 0.2) is 63.4 Å². The smallest absolute Gasteiger partial charge is 0.216 e. The normalized spacial score (nSPS) is 11.3. The molecule has 0 unspecified atom stereocenters. The summed E-state index contributed by atoms with van der Waals surface area (Å²) in [6, 6.07) is 14.3. The van der Waals surface area contributed by atoms with Gasteiger partial charge in [-0.1, -0.05) is 36.4 Å². The summed E-state index contributed by atoms with van der Waals surface area (Å²) in [4.78, 5) is 11.7. The van der Waals surface area contributed by atoms with Crippen LogP contribution in [0.5, 0.6) is 0 Å². The van der Waals surface area contributed by atoms with Gasteiger partial charge in [0.05, 0.1) is 10.3 Å². The molecule has 28 heavy (non-hydrogen) atoms. The van der Waals surface area contributed by atoms with E-state index in [0.717, 1.165) is 31.2 Å². The van der Waals surface area contributed by atoms with Crippen molar-refractivity contribution in [3.05, 3.63) is 59.0 Å². The summed E-state index contributed by atoms with van der Waals surface area (Å²) in [7, 11) is 0. The van der Waals surface area contributed by atoms with E-state index in [1.807, 2.05) is 42.6 Å². The first-order valence-corrected chi connectivity index (χ1v) is 11.0. The van der Waals surface area contributed by atoms with Gasteiger partial charge in [-0.3, -0.25) is 0 Å². The van der Waals surface area contributed by atoms with Crippen LogP contribution in [0, 0.1) is 6.92 Å². The van der Waals surface area contributed by atoms with Gasteiger partial charge >= 0.3 is 0 Å². The van der Waals surface area contributed by atoms with Crippen LogP contribution in [-0.4, -0.2) is 24.8 Å². The quantitative estimate of drug-likeness (QED) is 0.329. The standard InChI is InChI=1S/C19H14N6S3/c1-11-23-24-19(25(11)20)28-18-15-13(12-6-3-2-4-7-12)10-27-17(15)21-16(22-18)14-8-5-9-26-14/h2-10H,20H2,1H3. The molecule has 1 aromatic carbocycles. The molecular formula is C19H14N6S3. The highest BCUT2D eigenvalue weighted by molar-refractivity contribution is 7.99. The molecule has 4 heterocycles. The van der Waals surface area contributed by atoms with Gasteiger partial charge in [0.25, 0.3) is 0 Å². The van der Waals surface area contributed by atoms with Gasteiger partial charge in [-0.25, -0.2) is 14.6 Å². The van der Waals surface area contributed by atoms with E-state index in [2.05, 4.69) is 27.7 Å². The molecule has 0 fully saturated rings. The zero-order chi connectivity index (χ0) is 19.1. The Labute approximate surface area is 173 Å². The number of benzene rings is 1. The maximum absolute atomic E-state index is 6.08. The first-order valence-electron chi connectivity index (χ1n) is 8.44. The highest BCUT2D eigenvalue weighted by atomic mass is 32.2. The average Bonchev–Trinajstić information content (AvgIpc) is 3.46. The average molecular weight is 423 g/mol. The van der Waals surface area contributed by atoms with E-state index >= 15 is 0 Å². The minimum Gasteiger partial charge on any atom is -0.336 e. The Balaban J connectivity index is 1.73. The molecule has 0 aliphatic heterocycles. The van der Waals surface area contributed by atoms with Gasteiger partial charge in [-0.15, -0.1) is 32.9 Å². The van der Waals surface area contributed by atoms with Gasteiger partial charge in [-0.2, -0.15) is 0 Å². The molecule has 6 nitrogen and oxygen atoms in total. The lowest BCUT2D eigenvalue weighted by atomic mass is 10.1. The summed E-state index contributed by atoms with van der Waals surface area (Å²) in [5, 5.41) is 14.9. The lowest BCUT2D eigenvalue weighted by molar-refractivity contribution is 0.824. The molecule has 0 aliphatic carbocycles. The zero-order valence-corrected chi connectivity index (χ0v) is 17.2. The second-order valence-electron chi connectivity index (χ2n) is 6.03. The third-order valence-corrected chi connectivity index (χ3v) is 6.94. The van der Waals surface area contributed by atoms with Gasteiger partial charge in [0.15, 0.2) is 5.82 Å². The number of fused-ring (bicyclic) bond motifs is 1. The molecule has 138 valence electrons. The summed E-state index contributed by atoms with van der Waals surface area (Å²) in [6.45, 7) is 1.82. The van der Waals surface area contributed by atoms with Crippen LogP contribution in [-0.2, 0) is 0 Å². The number of nitrogen functional groups attached to an aromatic ring is 1. The topological polar surface area (TPSA) is 82.5 Å². The third-order valence-electron chi connectivity index (χ3n) is 4.25. The summed E-state index contributed by atoms with van der Waals surface area (Å²) in [6.07, 6.45) is 0. The Kier molecular flexibility index (Phi) is 4.34. The Morgan fingerprint density at radius 2 is 1.86 bits per heavy atom. The number of hydrogen-bond acceptors (Lipinski definition) is 8. The van der Waals surface area contributed by atoms with Crippen LogP contribution in [0.4, 0.5) is 0 Å². The van der Waals surface area contributed by atoms with E-state index < -0.39 is 0 Å². The Hall–Kier alpha value is -2.75. The van der Waals surface area contributed by atoms with Crippen molar-refractivity contribution >= 4 is 44.7 Å². The summed E-state index contributed by atoms with van der Waals surface area (Å²) in [5.41, 5.74) is 2.24. The fourth-order valence-corrected chi connectivity index (χ4v) is 5.43. The predicted octanol–water partition coefficient (Wildman–Crippen LogP) is 4.85. The van der Waals surface area contributed by atoms with E-state index in [4.69, 9.17) is 15.8 Å². The van der Waals surface area contributed by atoms with E-state index in [1.165, 1.54) is 16.4 Å². The van der Waals surface area contributed by atoms with E-state index in [0.29, 0.717) is 16.8 Å². The zero-order valence-electron chi connectivity index (χ0n) is 14.7. The lowest BCUT2D eigenvalue weighted by Crippen LogP contribution is -2.11. The van der Waals surface area contributed by atoms with Crippen LogP contribution in [0.2, 0.25) is 0 Å². The van der Waals surface area contributed by atoms with Crippen LogP contribution in [0.25, 0.3) is 32.0 Å². The van der Waals surface area contributed by atoms with Crippen molar-refractivity contribution < 1.29 is 0 Å². The highest BCUT2D eigenvalue weighted by Crippen LogP contribution is 2.41. The largest absolute Gasteiger partial charge is 0.336 e. The van der Waals surface area contributed by atoms with Gasteiger partial charge in [0.1, 0.15) is 15.7 Å². The summed E-state index contributed by atoms with van der Waals surface area (Å²) in [5.74, 6) is 7.45. The number of nitrogens with zero attached hydrogens (tertiary/aromatic N) is 5. The lowest BCUT2D eigenvalue weighted by Gasteiger charge is -2.07. The second-order valence-corrected chi connectivity index (χ2v) is 8.79. The van der Waals surface area contributed by atoms with Crippen LogP contribution < -0.4 is 5.84 Å². The number of aryl methyl sites for hydroxylation is 1. The number of thiophene rings is 2. The molecule has 0 saturated carbocycles. The van der Waals surface area contributed by atoms with Crippen molar-refractivity contribution in [2.24, 2.45) is 0 Å². The molecule has 0 amide bonds. The van der Waals surface area contributed by atoms with Crippen molar-refractivity contribution in [3.63, 3.8) is 0 Å². The molecular weight excluding hydrogens is 408 g/mol. The third kappa shape index (κ3) is 2.97. The number of nitrogens with two attached hydrogens (primary N) is 1. The van der Waals surface area contributed by atoms with Gasteiger partial charge in [0, 0.05) is 10.9 Å². The van der Waals surface area contributed by atoms with E-state index in [-0.39, 0.29) is 0 Å². The highest BCUT2D eigenvalue weighted by Gasteiger charge is 2.19. The van der Waals surface area contributed by atoms with Crippen molar-refractivity contribution in [3.8, 4) is 21.8 Å². The van der Waals surface area contributed by atoms with Crippen LogP contribution in [0.3, 0.4) is 0 Å². The second kappa shape index (κ2) is 7.01. The van der Waals surface area contributed by atoms with Crippen LogP contribution >= 0.6 is 34.4 Å². The fourth-order valence-electron chi connectivity index (χ4n) is 2.84. The minimum absolute atomic E-state index is 0.597. The SMILES string of the molecule is Cc1nnc(Sc2nc(-c3cccs3)nc3scc(-c4ccccc4)c23)n1N. The van der Waals surface area contributed by atoms with Crippen molar-refractivity contribution in [2.75, 3.05) is 5.84 Å². The molecule has 0 aliphatic rings. The molecule has 5 rings (SSSR count). The molecule has 9 heteroatoms. The van der Waals surface area contributed by atoms with Crippen molar-refractivity contribution in [2.45, 2.75) is 17.1 Å². The molecule has 0 atom stereocenters. The Morgan fingerprint density at radius 3 is 2.57 bits per heavy atom.